The fourth-order valence-corrected chi connectivity index (χ4v) is 10.2. The quantitative estimate of drug-likeness (QED) is 0.211. The Morgan fingerprint density at radius 1 is 0.951 bits per heavy atom. The zero-order chi connectivity index (χ0) is 44.4. The molecule has 0 saturated carbocycles. The molecule has 4 aliphatic heterocycles. The topological polar surface area (TPSA) is 183 Å². The van der Waals surface area contributed by atoms with Gasteiger partial charge in [0.2, 0.25) is 0 Å². The summed E-state index contributed by atoms with van der Waals surface area (Å²) in [6.45, 7) is 15.0. The average Bonchev–Trinajstić information content (AvgIpc) is 3.53. The molecule has 0 aliphatic carbocycles. The van der Waals surface area contributed by atoms with Crippen molar-refractivity contribution >= 4 is 34.7 Å². The van der Waals surface area contributed by atoms with E-state index in [1.165, 1.54) is 0 Å². The molecule has 0 spiro atoms. The molecule has 0 radical (unpaired) electrons. The van der Waals surface area contributed by atoms with Crippen LogP contribution >= 0.6 is 0 Å². The largest absolute Gasteiger partial charge is 0.458 e. The Hall–Kier alpha value is -3.86. The highest BCUT2D eigenvalue weighted by Gasteiger charge is 2.58. The van der Waals surface area contributed by atoms with E-state index in [1.807, 2.05) is 51.9 Å². The number of hydrogen-bond donors (Lipinski definition) is 4. The van der Waals surface area contributed by atoms with Gasteiger partial charge in [0.15, 0.2) is 11.9 Å². The van der Waals surface area contributed by atoms with Gasteiger partial charge in [-0.1, -0.05) is 70.2 Å². The number of aliphatic hydroxyl groups excluding tert-OH is 1. The summed E-state index contributed by atoms with van der Waals surface area (Å²) >= 11 is 0. The second kappa shape index (κ2) is 19.3. The Morgan fingerprint density at radius 2 is 1.67 bits per heavy atom. The second-order valence-electron chi connectivity index (χ2n) is 18.6. The fraction of sp³-hybridized carbons (Fsp3) is 0.696. The molecule has 338 valence electrons. The van der Waals surface area contributed by atoms with E-state index in [0.717, 1.165) is 16.3 Å². The lowest BCUT2D eigenvalue weighted by molar-refractivity contribution is -0.299. The van der Waals surface area contributed by atoms with Crippen LogP contribution in [-0.2, 0) is 44.4 Å². The highest BCUT2D eigenvalue weighted by atomic mass is 16.7. The second-order valence-corrected chi connectivity index (χ2v) is 18.6. The molecule has 15 nitrogen and oxygen atoms in total. The molecular weight excluding hydrogens is 785 g/mol. The SMILES string of the molecule is CC[C@H]1OC(=O)[C@H](C)[C@H]2OCC(NCCc3ccc4ccccc4c3)CNC(=O)O[C@](C)(C[C@@H](C)C(=O)[C@H](C)[C@@H]3NC(=O)O[C@]13C)[C@H](O[C@@H]1O[C@H](C)C[C@H](N(C)C)[C@H]1O)[C@H]2C. The molecule has 15 atom stereocenters. The maximum atomic E-state index is 14.5. The van der Waals surface area contributed by atoms with Crippen molar-refractivity contribution in [2.75, 3.05) is 33.8 Å². The first-order chi connectivity index (χ1) is 28.8. The van der Waals surface area contributed by atoms with Crippen molar-refractivity contribution < 1.29 is 52.7 Å². The minimum atomic E-state index is -1.56. The Morgan fingerprint density at radius 3 is 2.38 bits per heavy atom. The van der Waals surface area contributed by atoms with Crippen molar-refractivity contribution in [3.8, 4) is 0 Å². The monoisotopic (exact) mass is 852 g/mol. The number of nitrogens with one attached hydrogen (secondary N) is 3. The first-order valence-electron chi connectivity index (χ1n) is 22.0. The van der Waals surface area contributed by atoms with Gasteiger partial charge in [-0.05, 0) is 90.4 Å². The van der Waals surface area contributed by atoms with Gasteiger partial charge in [0.25, 0.3) is 0 Å². The van der Waals surface area contributed by atoms with Gasteiger partial charge in [-0.2, -0.15) is 0 Å². The van der Waals surface area contributed by atoms with Gasteiger partial charge in [0, 0.05) is 36.4 Å². The molecule has 2 bridgehead atoms. The third-order valence-electron chi connectivity index (χ3n) is 13.6. The highest BCUT2D eigenvalue weighted by Crippen LogP contribution is 2.42. The molecule has 2 aromatic carbocycles. The van der Waals surface area contributed by atoms with Crippen LogP contribution in [0, 0.1) is 23.7 Å². The smallest absolute Gasteiger partial charge is 0.408 e. The number of benzene rings is 2. The third kappa shape index (κ3) is 10.2. The molecule has 4 N–H and O–H groups in total. The molecule has 2 aromatic rings. The minimum Gasteiger partial charge on any atom is -0.458 e. The van der Waals surface area contributed by atoms with Crippen LogP contribution in [0.25, 0.3) is 10.8 Å². The number of fused-ring (bicyclic) bond motifs is 5. The first kappa shape index (κ1) is 46.6. The summed E-state index contributed by atoms with van der Waals surface area (Å²) in [5.41, 5.74) is -1.78. The molecule has 4 saturated heterocycles. The number of hydrogen-bond acceptors (Lipinski definition) is 13. The van der Waals surface area contributed by atoms with Crippen molar-refractivity contribution in [1.82, 2.24) is 20.9 Å². The van der Waals surface area contributed by atoms with Crippen molar-refractivity contribution in [2.24, 2.45) is 23.7 Å². The number of Topliss-reactive ketones (excluding diaryl/α,β-unsaturated/α-hetero) is 1. The number of carbonyl (C=O) groups excluding carboxylic acids is 4. The lowest BCUT2D eigenvalue weighted by atomic mass is 9.73. The van der Waals surface area contributed by atoms with E-state index < -0.39 is 95.8 Å². The number of amides is 2. The lowest BCUT2D eigenvalue weighted by Gasteiger charge is -2.48. The summed E-state index contributed by atoms with van der Waals surface area (Å²) in [6.07, 6.45) is -5.33. The Balaban J connectivity index is 1.39. The summed E-state index contributed by atoms with van der Waals surface area (Å²) in [4.78, 5) is 57.9. The number of esters is 1. The standard InChI is InChI=1S/C46H68N4O11/c1-11-35-46(8)39(49-44(55)61-46)27(4)36(51)25(2)22-45(7)40(59-42-37(52)34(50(9)10)20-26(3)57-42)28(5)38(29(6)41(53)58-35)56-24-33(23-48-43(54)60-45)47-19-18-30-16-17-31-14-12-13-15-32(31)21-30/h12-17,21,25-29,33-35,37-40,42,47,52H,11,18-20,22-24H2,1-10H3,(H,48,54)(H,49,55)/t25-,26-,27+,28+,29-,33?,34+,35-,37-,38+,39+,40-,42+,45-,46-/m1/s1. The van der Waals surface area contributed by atoms with Gasteiger partial charge >= 0.3 is 18.2 Å². The Kier molecular flexibility index (Phi) is 14.7. The van der Waals surface area contributed by atoms with Crippen LogP contribution < -0.4 is 16.0 Å². The molecule has 4 aliphatic rings. The molecule has 4 heterocycles. The van der Waals surface area contributed by atoms with Gasteiger partial charge in [0.05, 0.1) is 30.8 Å². The third-order valence-corrected chi connectivity index (χ3v) is 13.6. The van der Waals surface area contributed by atoms with E-state index in [0.29, 0.717) is 25.8 Å². The summed E-state index contributed by atoms with van der Waals surface area (Å²) < 4.78 is 38.6. The van der Waals surface area contributed by atoms with Crippen LogP contribution in [0.2, 0.25) is 0 Å². The molecule has 6 rings (SSSR count). The van der Waals surface area contributed by atoms with Gasteiger partial charge in [-0.15, -0.1) is 0 Å². The number of cyclic esters (lactones) is 1. The van der Waals surface area contributed by atoms with Crippen LogP contribution in [0.1, 0.15) is 80.2 Å². The predicted molar refractivity (Wildman–Crippen MR) is 228 cm³/mol. The Labute approximate surface area is 360 Å². The molecule has 1 unspecified atom stereocenters. The van der Waals surface area contributed by atoms with E-state index in [1.54, 1.807) is 34.6 Å². The normalized spacial score (nSPS) is 39.2. The van der Waals surface area contributed by atoms with Crippen LogP contribution in [0.4, 0.5) is 9.59 Å². The number of ketones is 1. The molecule has 15 heteroatoms. The number of rotatable bonds is 8. The molecule has 4 fully saturated rings. The van der Waals surface area contributed by atoms with E-state index in [4.69, 9.17) is 28.4 Å². The number of nitrogens with zero attached hydrogens (tertiary/aromatic N) is 1. The summed E-state index contributed by atoms with van der Waals surface area (Å²) in [5, 5.41) is 23.3. The van der Waals surface area contributed by atoms with Crippen LogP contribution in [-0.4, -0.2) is 134 Å². The summed E-state index contributed by atoms with van der Waals surface area (Å²) in [7, 11) is 3.76. The van der Waals surface area contributed by atoms with Crippen LogP contribution in [0.15, 0.2) is 42.5 Å². The van der Waals surface area contributed by atoms with Gasteiger partial charge < -0.3 is 54.4 Å². The Bertz CT molecular complexity index is 1880. The number of ether oxygens (including phenoxy) is 6. The summed E-state index contributed by atoms with van der Waals surface area (Å²) in [5.74, 6) is -4.00. The van der Waals surface area contributed by atoms with Crippen molar-refractivity contribution in [3.63, 3.8) is 0 Å². The van der Waals surface area contributed by atoms with E-state index in [-0.39, 0.29) is 37.5 Å². The summed E-state index contributed by atoms with van der Waals surface area (Å²) in [6, 6.07) is 13.0. The van der Waals surface area contributed by atoms with Crippen molar-refractivity contribution in [2.45, 2.75) is 147 Å². The molecule has 0 aromatic heterocycles. The highest BCUT2D eigenvalue weighted by molar-refractivity contribution is 5.85. The van der Waals surface area contributed by atoms with E-state index in [9.17, 15) is 24.3 Å². The minimum absolute atomic E-state index is 0.0114. The van der Waals surface area contributed by atoms with E-state index >= 15 is 0 Å². The van der Waals surface area contributed by atoms with Crippen molar-refractivity contribution in [3.05, 3.63) is 48.0 Å². The number of likely N-dealkylation sites (N-methyl/N-ethyl adjacent to an activating group) is 1. The number of carbonyl (C=O) groups is 4. The van der Waals surface area contributed by atoms with Gasteiger partial charge in [-0.25, -0.2) is 9.59 Å². The lowest BCUT2D eigenvalue weighted by Crippen LogP contribution is -2.61. The number of aliphatic hydroxyl groups is 1. The number of alkyl carbamates (subject to hydrolysis) is 2. The maximum absolute atomic E-state index is 14.5. The van der Waals surface area contributed by atoms with Crippen LogP contribution in [0.3, 0.4) is 0 Å². The molecular formula is C46H68N4O11. The zero-order valence-corrected chi connectivity index (χ0v) is 37.5. The maximum Gasteiger partial charge on any atom is 0.408 e. The average molecular weight is 853 g/mol. The van der Waals surface area contributed by atoms with Gasteiger partial charge in [-0.3, -0.25) is 9.59 Å². The van der Waals surface area contributed by atoms with Gasteiger partial charge in [0.1, 0.15) is 29.7 Å². The zero-order valence-electron chi connectivity index (χ0n) is 37.5. The van der Waals surface area contributed by atoms with Crippen LogP contribution in [0.5, 0.6) is 0 Å². The fourth-order valence-electron chi connectivity index (χ4n) is 10.2. The molecule has 61 heavy (non-hydrogen) atoms. The van der Waals surface area contributed by atoms with Crippen molar-refractivity contribution in [1.29, 1.82) is 0 Å². The van der Waals surface area contributed by atoms with E-state index in [2.05, 4.69) is 46.3 Å². The first-order valence-corrected chi connectivity index (χ1v) is 22.0. The molecule has 2 amide bonds. The predicted octanol–water partition coefficient (Wildman–Crippen LogP) is 4.74.